The Morgan fingerprint density at radius 3 is 2.74 bits per heavy atom. The third-order valence-corrected chi connectivity index (χ3v) is 9.28. The first-order valence-corrected chi connectivity index (χ1v) is 15.6. The number of ether oxygens (including phenoxy) is 4. The van der Waals surface area contributed by atoms with Crippen molar-refractivity contribution in [3.63, 3.8) is 0 Å². The van der Waals surface area contributed by atoms with Gasteiger partial charge in [0.1, 0.15) is 24.9 Å². The van der Waals surface area contributed by atoms with Crippen LogP contribution in [0.25, 0.3) is 11.2 Å². The first-order valence-electron chi connectivity index (χ1n) is 14.7. The quantitative estimate of drug-likeness (QED) is 0.112. The smallest absolute Gasteiger partial charge is 0.302 e. The minimum absolute atomic E-state index is 0.000620. The number of aromatic nitrogens is 5. The van der Waals surface area contributed by atoms with Gasteiger partial charge in [-0.3, -0.25) is 4.79 Å². The molecule has 43 heavy (non-hydrogen) atoms. The normalized spacial score (nSPS) is 27.4. The molecule has 6 rings (SSSR count). The van der Waals surface area contributed by atoms with Crippen LogP contribution in [0, 0.1) is 11.6 Å². The maximum Gasteiger partial charge on any atom is 0.302 e. The van der Waals surface area contributed by atoms with E-state index >= 15 is 0 Å². The van der Waals surface area contributed by atoms with Gasteiger partial charge in [-0.25, -0.2) is 13.3 Å². The van der Waals surface area contributed by atoms with Crippen molar-refractivity contribution in [1.82, 2.24) is 20.0 Å². The van der Waals surface area contributed by atoms with Crippen molar-refractivity contribution in [3.05, 3.63) is 35.4 Å². The lowest BCUT2D eigenvalue weighted by Gasteiger charge is -2.23. The molecule has 14 heteroatoms. The van der Waals surface area contributed by atoms with Crippen LogP contribution in [-0.4, -0.2) is 75.1 Å². The molecule has 3 fully saturated rings. The Hall–Kier alpha value is -2.94. The molecule has 3 heterocycles. The number of aryl methyl sites for hydroxylation is 1. The predicted molar refractivity (Wildman–Crippen MR) is 152 cm³/mol. The predicted octanol–water partition coefficient (Wildman–Crippen LogP) is 3.81. The number of fused-ring (bicyclic) bond motifs is 2. The van der Waals surface area contributed by atoms with Crippen LogP contribution in [0.5, 0.6) is 0 Å². The molecule has 3 aromatic rings. The summed E-state index contributed by atoms with van der Waals surface area (Å²) in [4.78, 5) is 16.1. The fourth-order valence-corrected chi connectivity index (χ4v) is 6.87. The maximum absolute atomic E-state index is 13.9. The van der Waals surface area contributed by atoms with Crippen LogP contribution in [0.2, 0.25) is 0 Å². The average molecular weight is 620 g/mol. The summed E-state index contributed by atoms with van der Waals surface area (Å²) >= 11 is 1.64. The van der Waals surface area contributed by atoms with Crippen LogP contribution in [0.1, 0.15) is 64.5 Å². The summed E-state index contributed by atoms with van der Waals surface area (Å²) in [7, 11) is 1.95. The number of thioether (sulfide) groups is 1. The molecule has 2 saturated carbocycles. The Morgan fingerprint density at radius 2 is 2.00 bits per heavy atom. The zero-order valence-corrected chi connectivity index (χ0v) is 25.7. The molecule has 1 aliphatic heterocycles. The van der Waals surface area contributed by atoms with Gasteiger partial charge in [0.2, 0.25) is 11.3 Å². The van der Waals surface area contributed by atoms with E-state index in [-0.39, 0.29) is 55.5 Å². The number of benzene rings is 1. The van der Waals surface area contributed by atoms with Gasteiger partial charge in [0.05, 0.1) is 19.8 Å². The number of hydrogen-bond acceptors (Lipinski definition) is 10. The monoisotopic (exact) mass is 619 g/mol. The topological polar surface area (TPSA) is 114 Å². The molecule has 0 radical (unpaired) electrons. The van der Waals surface area contributed by atoms with E-state index in [9.17, 15) is 13.6 Å². The summed E-state index contributed by atoms with van der Waals surface area (Å²) in [5, 5.41) is 13.5. The number of nitrogens with zero attached hydrogens (tertiary/aromatic N) is 5. The first-order chi connectivity index (χ1) is 20.6. The average Bonchev–Trinajstić information content (AvgIpc) is 3.27. The van der Waals surface area contributed by atoms with Crippen molar-refractivity contribution < 1.29 is 37.1 Å². The lowest BCUT2D eigenvalue weighted by atomic mass is 10.1. The van der Waals surface area contributed by atoms with E-state index in [1.54, 1.807) is 17.8 Å². The molecule has 0 bridgehead atoms. The van der Waals surface area contributed by atoms with Gasteiger partial charge in [0, 0.05) is 31.1 Å². The molecule has 11 nitrogen and oxygen atoms in total. The molecule has 1 saturated heterocycles. The molecule has 232 valence electrons. The largest absolute Gasteiger partial charge is 0.463 e. The van der Waals surface area contributed by atoms with Gasteiger partial charge < -0.3 is 24.3 Å². The lowest BCUT2D eigenvalue weighted by molar-refractivity contribution is -0.690. The number of nitrogens with one attached hydrogen (secondary N) is 1. The maximum atomic E-state index is 13.9. The zero-order valence-electron chi connectivity index (χ0n) is 24.9. The molecule has 1 N–H and O–H groups in total. The van der Waals surface area contributed by atoms with Crippen molar-refractivity contribution in [2.24, 2.45) is 7.05 Å². The molecule has 3 aliphatic rings. The van der Waals surface area contributed by atoms with Crippen molar-refractivity contribution in [1.29, 1.82) is 0 Å². The van der Waals surface area contributed by atoms with Crippen molar-refractivity contribution >= 4 is 34.7 Å². The Bertz CT molecular complexity index is 1520. The van der Waals surface area contributed by atoms with Gasteiger partial charge in [-0.2, -0.15) is 0 Å². The summed E-state index contributed by atoms with van der Waals surface area (Å²) in [5.74, 6) is -1.34. The number of rotatable bonds is 11. The zero-order chi connectivity index (χ0) is 30.5. The van der Waals surface area contributed by atoms with Gasteiger partial charge in [0.15, 0.2) is 17.4 Å². The van der Waals surface area contributed by atoms with E-state index in [0.717, 1.165) is 35.0 Å². The summed E-state index contributed by atoms with van der Waals surface area (Å²) < 4.78 is 55.1. The standard InChI is InChI=1S/C29H36F2N6O5S/c1-6-11-43-28-33-26(32-20-13-17(20)16-7-8-18(30)19(31)12-16)23-27(36(28)5)37(35-34-23)21-14-22(40-10-9-39-15(2)38)25-24(21)41-29(3,4)42-25/h7-8,12,17,20-22,24-25H,6,9-11,13-14H2,1-5H3/p+1. The van der Waals surface area contributed by atoms with Crippen LogP contribution in [-0.2, 0) is 30.8 Å². The molecule has 2 aliphatic carbocycles. The van der Waals surface area contributed by atoms with Gasteiger partial charge in [-0.05, 0) is 49.6 Å². The van der Waals surface area contributed by atoms with Crippen LogP contribution >= 0.6 is 11.8 Å². The second kappa shape index (κ2) is 11.9. The molecule has 6 unspecified atom stereocenters. The Labute approximate surface area is 252 Å². The van der Waals surface area contributed by atoms with Gasteiger partial charge in [-0.15, -0.1) is 9.78 Å². The van der Waals surface area contributed by atoms with E-state index in [2.05, 4.69) is 22.6 Å². The highest BCUT2D eigenvalue weighted by molar-refractivity contribution is 7.99. The SMILES string of the molecule is CCCSc1nc(NC2CC2c2ccc(F)c(F)c2)c2nnn(C3CC(OCCOC(C)=O)C4OC(C)(C)OC43)c2[n+]1C. The van der Waals surface area contributed by atoms with E-state index in [1.165, 1.54) is 19.1 Å². The van der Waals surface area contributed by atoms with E-state index < -0.39 is 17.4 Å². The van der Waals surface area contributed by atoms with Gasteiger partial charge in [0.25, 0.3) is 5.65 Å². The highest BCUT2D eigenvalue weighted by Crippen LogP contribution is 2.46. The van der Waals surface area contributed by atoms with Crippen molar-refractivity contribution in [2.45, 2.75) is 94.2 Å². The Kier molecular flexibility index (Phi) is 8.31. The van der Waals surface area contributed by atoms with Crippen LogP contribution < -0.4 is 9.88 Å². The van der Waals surface area contributed by atoms with Gasteiger partial charge in [-0.1, -0.05) is 29.7 Å². The molecule has 1 aromatic carbocycles. The Balaban J connectivity index is 1.30. The number of halogens is 2. The molecule has 2 aromatic heterocycles. The summed E-state index contributed by atoms with van der Waals surface area (Å²) in [6.07, 6.45) is 1.33. The number of hydrogen-bond donors (Lipinski definition) is 1. The van der Waals surface area contributed by atoms with E-state index in [4.69, 9.17) is 23.9 Å². The number of anilines is 1. The molecule has 0 spiro atoms. The van der Waals surface area contributed by atoms with Crippen molar-refractivity contribution in [2.75, 3.05) is 24.3 Å². The summed E-state index contributed by atoms with van der Waals surface area (Å²) in [5.41, 5.74) is 2.13. The van der Waals surface area contributed by atoms with Crippen LogP contribution in [0.15, 0.2) is 23.4 Å². The molecular weight excluding hydrogens is 582 g/mol. The summed E-state index contributed by atoms with van der Waals surface area (Å²) in [6.45, 7) is 7.64. The minimum atomic E-state index is -0.853. The number of carbonyl (C=O) groups excluding carboxylic acids is 1. The Morgan fingerprint density at radius 1 is 1.21 bits per heavy atom. The third kappa shape index (κ3) is 6.06. The second-order valence-corrected chi connectivity index (χ2v) is 12.8. The first kappa shape index (κ1) is 30.1. The minimum Gasteiger partial charge on any atom is -0.463 e. The second-order valence-electron chi connectivity index (χ2n) is 11.7. The van der Waals surface area contributed by atoms with Crippen molar-refractivity contribution in [3.8, 4) is 0 Å². The third-order valence-electron chi connectivity index (χ3n) is 8.04. The van der Waals surface area contributed by atoms with Crippen LogP contribution in [0.4, 0.5) is 14.6 Å². The molecule has 0 amide bonds. The van der Waals surface area contributed by atoms with E-state index in [1.807, 2.05) is 30.1 Å². The van der Waals surface area contributed by atoms with E-state index in [0.29, 0.717) is 17.8 Å². The lowest BCUT2D eigenvalue weighted by Crippen LogP contribution is -2.38. The fraction of sp³-hybridized carbons (Fsp3) is 0.621. The van der Waals surface area contributed by atoms with Gasteiger partial charge >= 0.3 is 11.1 Å². The number of carbonyl (C=O) groups is 1. The molecular formula is C29H37F2N6O5S+. The molecule has 6 atom stereocenters. The highest BCUT2D eigenvalue weighted by atomic mass is 32.2. The number of esters is 1. The fourth-order valence-electron chi connectivity index (χ4n) is 6.05. The summed E-state index contributed by atoms with van der Waals surface area (Å²) in [6, 6.07) is 3.82. The highest BCUT2D eigenvalue weighted by Gasteiger charge is 2.57. The van der Waals surface area contributed by atoms with Crippen LogP contribution in [0.3, 0.4) is 0 Å².